The Bertz CT molecular complexity index is 3270. The highest BCUT2D eigenvalue weighted by Crippen LogP contribution is 2.39. The summed E-state index contributed by atoms with van der Waals surface area (Å²) in [5, 5.41) is 2.00. The minimum atomic E-state index is -0.482. The van der Waals surface area contributed by atoms with Gasteiger partial charge in [-0.25, -0.2) is 15.0 Å². The molecule has 0 fully saturated rings. The lowest BCUT2D eigenvalue weighted by Gasteiger charge is -2.13. The van der Waals surface area contributed by atoms with Gasteiger partial charge in [0.2, 0.25) is 0 Å². The van der Waals surface area contributed by atoms with Crippen LogP contribution in [0.15, 0.2) is 172 Å². The lowest BCUT2D eigenvalue weighted by atomic mass is 9.94. The molecule has 0 spiro atoms. The molecule has 0 saturated carbocycles. The topological polar surface area (TPSA) is 65.0 Å². The molecule has 0 N–H and O–H groups in total. The molecule has 0 unspecified atom stereocenters. The molecule has 0 aliphatic carbocycles. The molecule has 0 atom stereocenters. The van der Waals surface area contributed by atoms with E-state index >= 15 is 0 Å². The second-order valence-electron chi connectivity index (χ2n) is 11.9. The summed E-state index contributed by atoms with van der Waals surface area (Å²) in [4.78, 5) is 14.9. The fourth-order valence-electron chi connectivity index (χ4n) is 6.45. The van der Waals surface area contributed by atoms with Crippen LogP contribution in [0.3, 0.4) is 0 Å². The Balaban J connectivity index is 1.25. The number of aromatic nitrogens is 3. The van der Waals surface area contributed by atoms with Gasteiger partial charge < -0.3 is 8.83 Å². The molecule has 50 heavy (non-hydrogen) atoms. The summed E-state index contributed by atoms with van der Waals surface area (Å²) < 4.78 is 73.3. The van der Waals surface area contributed by atoms with E-state index in [1.807, 2.05) is 115 Å². The van der Waals surface area contributed by atoms with Crippen LogP contribution < -0.4 is 0 Å². The van der Waals surface area contributed by atoms with E-state index in [0.29, 0.717) is 39.7 Å². The van der Waals surface area contributed by atoms with Crippen LogP contribution >= 0.6 is 0 Å². The van der Waals surface area contributed by atoms with E-state index in [4.69, 9.17) is 32.0 Å². The van der Waals surface area contributed by atoms with Crippen molar-refractivity contribution in [3.63, 3.8) is 0 Å². The first-order valence-corrected chi connectivity index (χ1v) is 16.0. The molecule has 10 rings (SSSR count). The molecule has 3 aromatic heterocycles. The average Bonchev–Trinajstić information content (AvgIpc) is 3.84. The maximum Gasteiger partial charge on any atom is 0.164 e. The number of hydrogen-bond acceptors (Lipinski definition) is 5. The normalized spacial score (nSPS) is 13.6. The van der Waals surface area contributed by atoms with Gasteiger partial charge in [0, 0.05) is 43.8 Å². The first-order chi connectivity index (χ1) is 27.7. The number of para-hydroxylation sites is 3. The van der Waals surface area contributed by atoms with Crippen molar-refractivity contribution in [1.29, 1.82) is 0 Å². The van der Waals surface area contributed by atoms with Crippen LogP contribution in [0.25, 0.3) is 100 Å². The third kappa shape index (κ3) is 4.75. The minimum Gasteiger partial charge on any atom is -0.456 e. The molecule has 0 saturated heterocycles. The maximum absolute atomic E-state index is 9.18. The zero-order valence-electron chi connectivity index (χ0n) is 33.2. The Kier molecular flexibility index (Phi) is 4.99. The lowest BCUT2D eigenvalue weighted by Crippen LogP contribution is -2.00. The summed E-state index contributed by atoms with van der Waals surface area (Å²) in [6, 6.07) is 35.7. The third-order valence-corrected chi connectivity index (χ3v) is 8.83. The fourth-order valence-corrected chi connectivity index (χ4v) is 6.45. The fraction of sp³-hybridized carbons (Fsp3) is 0. The van der Waals surface area contributed by atoms with Crippen molar-refractivity contribution in [2.24, 2.45) is 0 Å². The molecule has 0 aliphatic rings. The Labute approximate surface area is 297 Å². The summed E-state index contributed by atoms with van der Waals surface area (Å²) >= 11 is 0. The Morgan fingerprint density at radius 2 is 1.02 bits per heavy atom. The van der Waals surface area contributed by atoms with Crippen molar-refractivity contribution in [3.8, 4) is 56.4 Å². The Morgan fingerprint density at radius 3 is 1.86 bits per heavy atom. The monoisotopic (exact) mass is 648 g/mol. The van der Waals surface area contributed by atoms with E-state index < -0.39 is 24.2 Å². The molecule has 0 radical (unpaired) electrons. The molecular formula is C45H27N3O2. The van der Waals surface area contributed by atoms with Gasteiger partial charge in [-0.1, -0.05) is 121 Å². The van der Waals surface area contributed by atoms with Gasteiger partial charge in [-0.3, -0.25) is 0 Å². The Morgan fingerprint density at radius 1 is 0.380 bits per heavy atom. The molecule has 7 aromatic carbocycles. The number of rotatable bonds is 5. The minimum absolute atomic E-state index is 0.00813. The molecule has 3 heterocycles. The molecule has 0 bridgehead atoms. The van der Waals surface area contributed by atoms with Crippen LogP contribution in [-0.2, 0) is 0 Å². The highest BCUT2D eigenvalue weighted by Gasteiger charge is 2.18. The van der Waals surface area contributed by atoms with Crippen molar-refractivity contribution in [2.75, 3.05) is 0 Å². The van der Waals surface area contributed by atoms with Crippen LogP contribution in [0.4, 0.5) is 0 Å². The zero-order chi connectivity index (χ0) is 39.1. The zero-order valence-corrected chi connectivity index (χ0v) is 26.2. The second-order valence-corrected chi connectivity index (χ2v) is 11.9. The Hall–Kier alpha value is -6.85. The molecule has 5 nitrogen and oxygen atoms in total. The first kappa shape index (κ1) is 21.9. The number of nitrogens with zero attached hydrogens (tertiary/aromatic N) is 3. The van der Waals surface area contributed by atoms with Crippen LogP contribution in [-0.4, -0.2) is 15.0 Å². The SMILES string of the molecule is [2H]c1c([2H])c([2H])c2c(oc3c(-c4cc(-c5ccccc5)cc(-c5nc(-c6ccccc6)nc(-c6ccc7c(c6)oc6ccccc67)n5)c4)c([2H])c([2H])c([2H])c32)c1[2H]. The summed E-state index contributed by atoms with van der Waals surface area (Å²) in [5.74, 6) is 1.17. The number of hydrogen-bond donors (Lipinski definition) is 0. The van der Waals surface area contributed by atoms with E-state index in [2.05, 4.69) is 0 Å². The van der Waals surface area contributed by atoms with Crippen molar-refractivity contribution >= 4 is 43.9 Å². The van der Waals surface area contributed by atoms with E-state index in [9.17, 15) is 1.37 Å². The lowest BCUT2D eigenvalue weighted by molar-refractivity contribution is 0.669. The van der Waals surface area contributed by atoms with Gasteiger partial charge in [0.1, 0.15) is 22.3 Å². The summed E-state index contributed by atoms with van der Waals surface area (Å²) in [6.07, 6.45) is 0. The van der Waals surface area contributed by atoms with Crippen molar-refractivity contribution in [1.82, 2.24) is 15.0 Å². The van der Waals surface area contributed by atoms with E-state index in [1.54, 1.807) is 6.07 Å². The highest BCUT2D eigenvalue weighted by molar-refractivity contribution is 6.10. The van der Waals surface area contributed by atoms with E-state index in [1.165, 1.54) is 0 Å². The molecule has 0 aliphatic heterocycles. The van der Waals surface area contributed by atoms with Crippen LogP contribution in [0, 0.1) is 0 Å². The third-order valence-electron chi connectivity index (χ3n) is 8.83. The van der Waals surface area contributed by atoms with Gasteiger partial charge in [-0.2, -0.15) is 0 Å². The van der Waals surface area contributed by atoms with Gasteiger partial charge in [-0.15, -0.1) is 0 Å². The molecule has 234 valence electrons. The highest BCUT2D eigenvalue weighted by atomic mass is 16.3. The van der Waals surface area contributed by atoms with Crippen molar-refractivity contribution < 1.29 is 18.4 Å². The molecule has 5 heteroatoms. The predicted molar refractivity (Wildman–Crippen MR) is 202 cm³/mol. The summed E-state index contributed by atoms with van der Waals surface area (Å²) in [5.41, 5.74) is 5.57. The predicted octanol–water partition coefficient (Wildman–Crippen LogP) is 12.0. The molecule has 10 aromatic rings. The summed E-state index contributed by atoms with van der Waals surface area (Å²) in [7, 11) is 0. The van der Waals surface area contributed by atoms with Gasteiger partial charge in [0.15, 0.2) is 17.5 Å². The van der Waals surface area contributed by atoms with Gasteiger partial charge in [0.25, 0.3) is 0 Å². The molecule has 0 amide bonds. The quantitative estimate of drug-likeness (QED) is 0.186. The van der Waals surface area contributed by atoms with Gasteiger partial charge in [0.05, 0.1) is 9.60 Å². The van der Waals surface area contributed by atoms with Crippen molar-refractivity contribution in [3.05, 3.63) is 164 Å². The average molecular weight is 649 g/mol. The van der Waals surface area contributed by atoms with Crippen molar-refractivity contribution in [2.45, 2.75) is 0 Å². The largest absolute Gasteiger partial charge is 0.456 e. The van der Waals surface area contributed by atoms with Gasteiger partial charge in [-0.05, 0) is 59.1 Å². The summed E-state index contributed by atoms with van der Waals surface area (Å²) in [6.45, 7) is 0. The number of fused-ring (bicyclic) bond motifs is 6. The number of furan rings is 2. The standard InChI is InChI=1S/C45H27N3O2/c1-3-12-28(13-4-1)31-24-32(34-18-11-19-38-36-17-8-10-21-40(36)50-42(34)38)26-33(25-31)45-47-43(29-14-5-2-6-15-29)46-44(48-45)30-22-23-37-35-16-7-9-20-39(35)49-41(37)27-30/h1-27H/i8D,10D,11D,17D,18D,19D,21D. The smallest absolute Gasteiger partial charge is 0.164 e. The molecular weight excluding hydrogens is 615 g/mol. The van der Waals surface area contributed by atoms with E-state index in [0.717, 1.165) is 33.0 Å². The second kappa shape index (κ2) is 11.4. The first-order valence-electron chi connectivity index (χ1n) is 19.5. The van der Waals surface area contributed by atoms with E-state index in [-0.39, 0.29) is 45.6 Å². The van der Waals surface area contributed by atoms with Crippen LogP contribution in [0.1, 0.15) is 9.60 Å². The number of benzene rings is 7. The van der Waals surface area contributed by atoms with Crippen LogP contribution in [0.5, 0.6) is 0 Å². The maximum atomic E-state index is 9.18. The van der Waals surface area contributed by atoms with Crippen LogP contribution in [0.2, 0.25) is 0 Å². The van der Waals surface area contributed by atoms with Gasteiger partial charge >= 0.3 is 0 Å².